The van der Waals surface area contributed by atoms with Crippen molar-refractivity contribution in [3.05, 3.63) is 65.2 Å². The molecule has 2 unspecified atom stereocenters. The number of benzene rings is 2. The quantitative estimate of drug-likeness (QED) is 0.528. The van der Waals surface area contributed by atoms with Crippen molar-refractivity contribution < 1.29 is 22.0 Å². The average Bonchev–Trinajstić information content (AvgIpc) is 3.21. The molecule has 0 radical (unpaired) electrons. The van der Waals surface area contributed by atoms with Crippen LogP contribution >= 0.6 is 0 Å². The van der Waals surface area contributed by atoms with Gasteiger partial charge >= 0.3 is 0 Å². The number of carbonyl (C=O) groups excluding carboxylic acids is 1. The van der Waals surface area contributed by atoms with E-state index in [4.69, 9.17) is 0 Å². The fraction of sp³-hybridized carbons (Fsp3) is 0.480. The zero-order valence-electron chi connectivity index (χ0n) is 19.6. The van der Waals surface area contributed by atoms with E-state index in [0.29, 0.717) is 5.56 Å². The minimum absolute atomic E-state index is 0.229. The van der Waals surface area contributed by atoms with Crippen molar-refractivity contribution in [2.45, 2.75) is 64.5 Å². The number of anilines is 1. The molecule has 178 valence electrons. The molecular formula is C25H35F2NO3S. The number of halogens is 2. The summed E-state index contributed by atoms with van der Waals surface area (Å²) < 4.78 is 45.1. The summed E-state index contributed by atoms with van der Waals surface area (Å²) in [7, 11) is -2.74. The Morgan fingerprint density at radius 1 is 1.09 bits per heavy atom. The first-order valence-corrected chi connectivity index (χ1v) is 12.9. The molecule has 1 amide bonds. The van der Waals surface area contributed by atoms with Crippen LogP contribution in [0.5, 0.6) is 0 Å². The van der Waals surface area contributed by atoms with Gasteiger partial charge in [0.2, 0.25) is 6.41 Å². The lowest BCUT2D eigenvalue weighted by Gasteiger charge is -2.18. The third kappa shape index (κ3) is 9.47. The second-order valence-corrected chi connectivity index (χ2v) is 11.0. The first kappa shape index (κ1) is 27.8. The van der Waals surface area contributed by atoms with E-state index in [9.17, 15) is 22.0 Å². The van der Waals surface area contributed by atoms with Crippen LogP contribution < -0.4 is 5.32 Å². The van der Waals surface area contributed by atoms with Crippen LogP contribution in [0.4, 0.5) is 14.5 Å². The smallest absolute Gasteiger partial charge is 0.211 e. The highest BCUT2D eigenvalue weighted by atomic mass is 32.2. The lowest BCUT2D eigenvalue weighted by atomic mass is 9.87. The maximum Gasteiger partial charge on any atom is 0.211 e. The van der Waals surface area contributed by atoms with Gasteiger partial charge in [0.05, 0.1) is 5.25 Å². The molecule has 0 saturated heterocycles. The van der Waals surface area contributed by atoms with Crippen LogP contribution in [0.1, 0.15) is 63.5 Å². The average molecular weight is 468 g/mol. The van der Waals surface area contributed by atoms with Crippen molar-refractivity contribution >= 4 is 21.9 Å². The van der Waals surface area contributed by atoms with Gasteiger partial charge in [-0.2, -0.15) is 0 Å². The molecule has 1 N–H and O–H groups in total. The number of carbonyl (C=O) groups is 1. The molecule has 1 aliphatic rings. The highest BCUT2D eigenvalue weighted by Gasteiger charge is 2.26. The molecule has 2 aromatic rings. The van der Waals surface area contributed by atoms with Crippen LogP contribution in [0.15, 0.2) is 42.5 Å². The van der Waals surface area contributed by atoms with Crippen LogP contribution in [-0.2, 0) is 14.6 Å². The molecule has 0 aliphatic heterocycles. The number of hydrogen-bond acceptors (Lipinski definition) is 3. The summed E-state index contributed by atoms with van der Waals surface area (Å²) in [4.78, 5) is 10.3. The van der Waals surface area contributed by atoms with E-state index in [2.05, 4.69) is 24.4 Å². The van der Waals surface area contributed by atoms with Gasteiger partial charge in [0.15, 0.2) is 0 Å². The second kappa shape index (κ2) is 13.3. The highest BCUT2D eigenvalue weighted by Crippen LogP contribution is 2.41. The van der Waals surface area contributed by atoms with Crippen LogP contribution in [0.2, 0.25) is 0 Å². The Labute approximate surface area is 191 Å². The van der Waals surface area contributed by atoms with Crippen molar-refractivity contribution in [2.24, 2.45) is 5.92 Å². The Morgan fingerprint density at radius 3 is 2.12 bits per heavy atom. The standard InChI is InChI=1S/C14H19NO.C7H6F2.C4H10O2S/c1-2-11-4-3-5-14(11)12-6-8-13(9-7-12)15-10-16;1-5-2-3-6(8)4-7(5)9;1-4(2)7(3,5)6/h6-11,14H,2-5H2,1H3,(H,15,16);2-4H,1H3;4H,1-3H3. The minimum atomic E-state index is -2.74. The number of aryl methyl sites for hydroxylation is 1. The van der Waals surface area contributed by atoms with Crippen molar-refractivity contribution in [1.29, 1.82) is 0 Å². The van der Waals surface area contributed by atoms with Crippen LogP contribution in [0.25, 0.3) is 0 Å². The molecule has 2 aromatic carbocycles. The number of amides is 1. The first-order chi connectivity index (χ1) is 15.0. The maximum absolute atomic E-state index is 12.3. The van der Waals surface area contributed by atoms with Crippen LogP contribution in [0, 0.1) is 24.5 Å². The molecule has 3 rings (SSSR count). The second-order valence-electron chi connectivity index (χ2n) is 8.36. The van der Waals surface area contributed by atoms with Crippen molar-refractivity contribution in [1.82, 2.24) is 0 Å². The third-order valence-corrected chi connectivity index (χ3v) is 7.45. The SMILES string of the molecule is CC(C)S(C)(=O)=O.CCC1CCCC1c1ccc(NC=O)cc1.Cc1ccc(F)cc1F. The summed E-state index contributed by atoms with van der Waals surface area (Å²) in [6.07, 6.45) is 7.28. The van der Waals surface area contributed by atoms with E-state index in [0.717, 1.165) is 30.0 Å². The van der Waals surface area contributed by atoms with E-state index in [-0.39, 0.29) is 5.25 Å². The maximum atomic E-state index is 12.3. The summed E-state index contributed by atoms with van der Waals surface area (Å²) in [6, 6.07) is 11.8. The van der Waals surface area contributed by atoms with Gasteiger partial charge in [-0.3, -0.25) is 4.79 Å². The Kier molecular flexibility index (Phi) is 11.5. The highest BCUT2D eigenvalue weighted by molar-refractivity contribution is 7.91. The zero-order valence-corrected chi connectivity index (χ0v) is 20.4. The summed E-state index contributed by atoms with van der Waals surface area (Å²) in [5.41, 5.74) is 2.78. The molecule has 0 bridgehead atoms. The van der Waals surface area contributed by atoms with Gasteiger partial charge in [0.25, 0.3) is 0 Å². The van der Waals surface area contributed by atoms with E-state index < -0.39 is 21.5 Å². The molecule has 1 aliphatic carbocycles. The first-order valence-electron chi connectivity index (χ1n) is 10.9. The Bertz CT molecular complexity index is 944. The molecule has 0 spiro atoms. The molecule has 32 heavy (non-hydrogen) atoms. The molecular weight excluding hydrogens is 432 g/mol. The van der Waals surface area contributed by atoms with Gasteiger partial charge in [-0.1, -0.05) is 38.0 Å². The van der Waals surface area contributed by atoms with Crippen molar-refractivity contribution in [3.63, 3.8) is 0 Å². The lowest BCUT2D eigenvalue weighted by molar-refractivity contribution is -0.105. The monoisotopic (exact) mass is 467 g/mol. The molecule has 0 heterocycles. The Morgan fingerprint density at radius 2 is 1.69 bits per heavy atom. The van der Waals surface area contributed by atoms with Crippen LogP contribution in [0.3, 0.4) is 0 Å². The summed E-state index contributed by atoms with van der Waals surface area (Å²) >= 11 is 0. The fourth-order valence-corrected chi connectivity index (χ4v) is 3.43. The molecule has 1 saturated carbocycles. The summed E-state index contributed by atoms with van der Waals surface area (Å²) in [6.45, 7) is 7.20. The molecule has 1 fully saturated rings. The Hall–Kier alpha value is -2.28. The normalized spacial score (nSPS) is 17.6. The predicted octanol–water partition coefficient (Wildman–Crippen LogP) is 6.26. The lowest BCUT2D eigenvalue weighted by Crippen LogP contribution is -2.10. The van der Waals surface area contributed by atoms with Gasteiger partial charge in [-0.05, 0) is 74.8 Å². The minimum Gasteiger partial charge on any atom is -0.329 e. The topological polar surface area (TPSA) is 63.2 Å². The Balaban J connectivity index is 0.000000271. The van der Waals surface area contributed by atoms with Gasteiger partial charge in [-0.25, -0.2) is 17.2 Å². The van der Waals surface area contributed by atoms with E-state index in [1.54, 1.807) is 20.8 Å². The summed E-state index contributed by atoms with van der Waals surface area (Å²) in [5.74, 6) is 0.563. The van der Waals surface area contributed by atoms with Gasteiger partial charge < -0.3 is 5.32 Å². The predicted molar refractivity (Wildman–Crippen MR) is 128 cm³/mol. The molecule has 2 atom stereocenters. The summed E-state index contributed by atoms with van der Waals surface area (Å²) in [5, 5.41) is 2.44. The van der Waals surface area contributed by atoms with Gasteiger partial charge in [0.1, 0.15) is 21.5 Å². The number of rotatable bonds is 5. The fourth-order valence-electron chi connectivity index (χ4n) is 3.43. The van der Waals surface area contributed by atoms with Gasteiger partial charge in [0, 0.05) is 18.0 Å². The number of sulfone groups is 1. The number of nitrogens with one attached hydrogen (secondary N) is 1. The van der Waals surface area contributed by atoms with E-state index in [1.807, 2.05) is 12.1 Å². The molecule has 7 heteroatoms. The largest absolute Gasteiger partial charge is 0.329 e. The van der Waals surface area contributed by atoms with E-state index >= 15 is 0 Å². The van der Waals surface area contributed by atoms with Crippen molar-refractivity contribution in [2.75, 3.05) is 11.6 Å². The third-order valence-electron chi connectivity index (χ3n) is 5.74. The van der Waals surface area contributed by atoms with Crippen molar-refractivity contribution in [3.8, 4) is 0 Å². The molecule has 4 nitrogen and oxygen atoms in total. The van der Waals surface area contributed by atoms with E-state index in [1.165, 1.54) is 49.6 Å². The zero-order chi connectivity index (χ0) is 24.3. The van der Waals surface area contributed by atoms with Crippen LogP contribution in [-0.4, -0.2) is 26.3 Å². The molecule has 0 aromatic heterocycles. The van der Waals surface area contributed by atoms with Gasteiger partial charge in [-0.15, -0.1) is 0 Å². The number of hydrogen-bond donors (Lipinski definition) is 1.